The number of nitrogens with zero attached hydrogens (tertiary/aromatic N) is 1. The molecule has 104 valence electrons. The number of hydrogen-bond donors (Lipinski definition) is 1. The van der Waals surface area contributed by atoms with E-state index in [1.165, 1.54) is 35.7 Å². The van der Waals surface area contributed by atoms with Gasteiger partial charge in [0.1, 0.15) is 0 Å². The molecule has 2 rings (SSSR count). The van der Waals surface area contributed by atoms with Crippen LogP contribution in [0.4, 0.5) is 0 Å². The third-order valence-electron chi connectivity index (χ3n) is 3.74. The maximum absolute atomic E-state index is 3.54. The lowest BCUT2D eigenvalue weighted by Crippen LogP contribution is -2.20. The van der Waals surface area contributed by atoms with Crippen LogP contribution in [0, 0.1) is 0 Å². The van der Waals surface area contributed by atoms with Crippen molar-refractivity contribution in [3.63, 3.8) is 0 Å². The van der Waals surface area contributed by atoms with Gasteiger partial charge in [-0.15, -0.1) is 0 Å². The number of para-hydroxylation sites is 1. The molecule has 0 bridgehead atoms. The molecule has 0 amide bonds. The predicted molar refractivity (Wildman–Crippen MR) is 83.7 cm³/mol. The van der Waals surface area contributed by atoms with Gasteiger partial charge in [0.2, 0.25) is 0 Å². The molecule has 1 heterocycles. The molecule has 0 aliphatic rings. The zero-order valence-corrected chi connectivity index (χ0v) is 12.3. The van der Waals surface area contributed by atoms with E-state index in [4.69, 9.17) is 0 Å². The minimum absolute atomic E-state index is 1.06. The third-order valence-corrected chi connectivity index (χ3v) is 3.74. The minimum atomic E-state index is 1.06. The van der Waals surface area contributed by atoms with Crippen molar-refractivity contribution in [3.8, 4) is 0 Å². The van der Waals surface area contributed by atoms with Gasteiger partial charge in [-0.3, -0.25) is 0 Å². The lowest BCUT2D eigenvalue weighted by atomic mass is 10.1. The Morgan fingerprint density at radius 1 is 1.05 bits per heavy atom. The summed E-state index contributed by atoms with van der Waals surface area (Å²) in [6.07, 6.45) is 7.25. The normalized spacial score (nSPS) is 11.3. The summed E-state index contributed by atoms with van der Waals surface area (Å²) in [4.78, 5) is 0. The van der Waals surface area contributed by atoms with E-state index < -0.39 is 0 Å². The zero-order valence-electron chi connectivity index (χ0n) is 12.3. The molecule has 1 N–H and O–H groups in total. The van der Waals surface area contributed by atoms with Crippen LogP contribution in [0.15, 0.2) is 30.5 Å². The Kier molecular flexibility index (Phi) is 5.46. The van der Waals surface area contributed by atoms with Crippen LogP contribution in [-0.2, 0) is 13.0 Å². The molecule has 0 saturated carbocycles. The Balaban J connectivity index is 1.93. The molecule has 0 spiro atoms. The Labute approximate surface area is 116 Å². The standard InChI is InChI=1S/C17H26N2/c1-3-5-6-11-18-12-14-19-13-10-16-9-7-8-15(4-2)17(16)19/h7-10,13,18H,3-6,11-12,14H2,1-2H3. The second-order valence-electron chi connectivity index (χ2n) is 5.17. The van der Waals surface area contributed by atoms with Crippen LogP contribution in [0.5, 0.6) is 0 Å². The van der Waals surface area contributed by atoms with E-state index >= 15 is 0 Å². The number of hydrogen-bond acceptors (Lipinski definition) is 1. The van der Waals surface area contributed by atoms with Gasteiger partial charge in [0.05, 0.1) is 5.52 Å². The number of nitrogens with one attached hydrogen (secondary N) is 1. The lowest BCUT2D eigenvalue weighted by molar-refractivity contribution is 0.576. The van der Waals surface area contributed by atoms with E-state index in [0.29, 0.717) is 0 Å². The summed E-state index contributed by atoms with van der Waals surface area (Å²) in [5, 5.41) is 4.91. The van der Waals surface area contributed by atoms with E-state index in [1.54, 1.807) is 0 Å². The summed E-state index contributed by atoms with van der Waals surface area (Å²) in [5.41, 5.74) is 2.87. The van der Waals surface area contributed by atoms with Gasteiger partial charge in [-0.25, -0.2) is 0 Å². The fourth-order valence-corrected chi connectivity index (χ4v) is 2.64. The average Bonchev–Trinajstić information content (AvgIpc) is 2.86. The smallest absolute Gasteiger partial charge is 0.0513 e. The van der Waals surface area contributed by atoms with Crippen molar-refractivity contribution >= 4 is 10.9 Å². The Bertz CT molecular complexity index is 499. The van der Waals surface area contributed by atoms with E-state index in [1.807, 2.05) is 0 Å². The van der Waals surface area contributed by atoms with Crippen LogP contribution in [0.1, 0.15) is 38.7 Å². The van der Waals surface area contributed by atoms with E-state index in [0.717, 1.165) is 26.1 Å². The summed E-state index contributed by atoms with van der Waals surface area (Å²) in [7, 11) is 0. The quantitative estimate of drug-likeness (QED) is 0.709. The topological polar surface area (TPSA) is 17.0 Å². The van der Waals surface area contributed by atoms with Crippen LogP contribution in [0.3, 0.4) is 0 Å². The Morgan fingerprint density at radius 2 is 1.95 bits per heavy atom. The van der Waals surface area contributed by atoms with Crippen LogP contribution in [-0.4, -0.2) is 17.7 Å². The first-order valence-electron chi connectivity index (χ1n) is 7.64. The molecule has 1 aromatic heterocycles. The molecule has 2 aromatic rings. The zero-order chi connectivity index (χ0) is 13.5. The van der Waals surface area contributed by atoms with Crippen LogP contribution in [0.2, 0.25) is 0 Å². The van der Waals surface area contributed by atoms with Gasteiger partial charge in [-0.05, 0) is 36.4 Å². The van der Waals surface area contributed by atoms with Gasteiger partial charge in [0, 0.05) is 19.3 Å². The average molecular weight is 258 g/mol. The monoisotopic (exact) mass is 258 g/mol. The molecule has 0 aliphatic heterocycles. The van der Waals surface area contributed by atoms with Gasteiger partial charge >= 0.3 is 0 Å². The number of unbranched alkanes of at least 4 members (excludes halogenated alkanes) is 2. The molecule has 2 nitrogen and oxygen atoms in total. The van der Waals surface area contributed by atoms with Crippen molar-refractivity contribution in [1.29, 1.82) is 0 Å². The van der Waals surface area contributed by atoms with Crippen molar-refractivity contribution < 1.29 is 0 Å². The first-order chi connectivity index (χ1) is 9.36. The SMILES string of the molecule is CCCCCNCCn1ccc2cccc(CC)c21. The van der Waals surface area contributed by atoms with Gasteiger partial charge < -0.3 is 9.88 Å². The maximum Gasteiger partial charge on any atom is 0.0513 e. The minimum Gasteiger partial charge on any atom is -0.346 e. The van der Waals surface area contributed by atoms with Crippen molar-refractivity contribution in [3.05, 3.63) is 36.0 Å². The summed E-state index contributed by atoms with van der Waals surface area (Å²) in [5.74, 6) is 0. The van der Waals surface area contributed by atoms with Crippen LogP contribution >= 0.6 is 0 Å². The molecule has 0 saturated heterocycles. The third kappa shape index (κ3) is 3.60. The van der Waals surface area contributed by atoms with E-state index in [9.17, 15) is 0 Å². The number of benzene rings is 1. The summed E-state index contributed by atoms with van der Waals surface area (Å²) in [6, 6.07) is 8.84. The first kappa shape index (κ1) is 14.1. The molecular formula is C17H26N2. The summed E-state index contributed by atoms with van der Waals surface area (Å²) in [6.45, 7) is 7.75. The second kappa shape index (κ2) is 7.34. The second-order valence-corrected chi connectivity index (χ2v) is 5.17. The van der Waals surface area contributed by atoms with Gasteiger partial charge in [0.15, 0.2) is 0 Å². The number of fused-ring (bicyclic) bond motifs is 1. The number of aryl methyl sites for hydroxylation is 1. The van der Waals surface area contributed by atoms with Crippen molar-refractivity contribution in [2.75, 3.05) is 13.1 Å². The summed E-state index contributed by atoms with van der Waals surface area (Å²) < 4.78 is 2.39. The highest BCUT2D eigenvalue weighted by Gasteiger charge is 2.04. The molecular weight excluding hydrogens is 232 g/mol. The van der Waals surface area contributed by atoms with Crippen molar-refractivity contribution in [1.82, 2.24) is 9.88 Å². The Morgan fingerprint density at radius 3 is 2.74 bits per heavy atom. The van der Waals surface area contributed by atoms with Gasteiger partial charge in [0.25, 0.3) is 0 Å². The number of aromatic nitrogens is 1. The van der Waals surface area contributed by atoms with Crippen LogP contribution in [0.25, 0.3) is 10.9 Å². The molecule has 2 heteroatoms. The maximum atomic E-state index is 3.54. The highest BCUT2D eigenvalue weighted by Crippen LogP contribution is 2.20. The Hall–Kier alpha value is -1.28. The van der Waals surface area contributed by atoms with Gasteiger partial charge in [-0.2, -0.15) is 0 Å². The fraction of sp³-hybridized carbons (Fsp3) is 0.529. The van der Waals surface area contributed by atoms with E-state index in [2.05, 4.69) is 54.2 Å². The first-order valence-corrected chi connectivity index (χ1v) is 7.64. The molecule has 0 radical (unpaired) electrons. The molecule has 19 heavy (non-hydrogen) atoms. The summed E-state index contributed by atoms with van der Waals surface area (Å²) >= 11 is 0. The predicted octanol–water partition coefficient (Wildman–Crippen LogP) is 3.98. The fourth-order valence-electron chi connectivity index (χ4n) is 2.64. The highest BCUT2D eigenvalue weighted by atomic mass is 15.0. The molecule has 0 fully saturated rings. The molecule has 0 aliphatic carbocycles. The molecule has 0 unspecified atom stereocenters. The van der Waals surface area contributed by atoms with E-state index in [-0.39, 0.29) is 0 Å². The molecule has 1 aromatic carbocycles. The van der Waals surface area contributed by atoms with Gasteiger partial charge in [-0.1, -0.05) is 44.9 Å². The highest BCUT2D eigenvalue weighted by molar-refractivity contribution is 5.83. The largest absolute Gasteiger partial charge is 0.346 e. The lowest BCUT2D eigenvalue weighted by Gasteiger charge is -2.09. The number of rotatable bonds is 8. The van der Waals surface area contributed by atoms with Crippen LogP contribution < -0.4 is 5.32 Å². The molecule has 0 atom stereocenters. The van der Waals surface area contributed by atoms with Crippen molar-refractivity contribution in [2.45, 2.75) is 46.1 Å². The van der Waals surface area contributed by atoms with Crippen molar-refractivity contribution in [2.24, 2.45) is 0 Å².